The highest BCUT2D eigenvalue weighted by molar-refractivity contribution is 7.80. The van der Waals surface area contributed by atoms with Crippen LogP contribution in [0.5, 0.6) is 5.75 Å². The van der Waals surface area contributed by atoms with Crippen molar-refractivity contribution in [1.29, 1.82) is 0 Å². The molecule has 2 aromatic carbocycles. The number of allylic oxidation sites excluding steroid dienone is 1. The van der Waals surface area contributed by atoms with E-state index in [0.717, 1.165) is 22.7 Å². The Morgan fingerprint density at radius 2 is 1.77 bits per heavy atom. The summed E-state index contributed by atoms with van der Waals surface area (Å²) in [5.74, 6) is 0.846. The summed E-state index contributed by atoms with van der Waals surface area (Å²) in [5, 5.41) is 3.86. The van der Waals surface area contributed by atoms with Gasteiger partial charge >= 0.3 is 5.97 Å². The molecule has 0 aliphatic carbocycles. The Morgan fingerprint density at radius 3 is 2.30 bits per heavy atom. The van der Waals surface area contributed by atoms with E-state index in [1.807, 2.05) is 55.1 Å². The average molecular weight is 425 g/mol. The lowest BCUT2D eigenvalue weighted by Gasteiger charge is -2.37. The summed E-state index contributed by atoms with van der Waals surface area (Å²) in [7, 11) is 1.40. The molecule has 0 bridgehead atoms. The van der Waals surface area contributed by atoms with Crippen LogP contribution in [0.15, 0.2) is 59.8 Å². The van der Waals surface area contributed by atoms with Crippen molar-refractivity contribution >= 4 is 29.0 Å². The molecule has 30 heavy (non-hydrogen) atoms. The SMILES string of the molecule is CCOc1ccc(N2C(=S)N[C@H](c3ccc(C(C)C)cc3)C(C(=O)OC)=C2C)cc1. The Morgan fingerprint density at radius 1 is 1.13 bits per heavy atom. The van der Waals surface area contributed by atoms with Crippen LogP contribution >= 0.6 is 12.2 Å². The Labute approximate surface area is 183 Å². The number of hydrogen-bond acceptors (Lipinski definition) is 4. The van der Waals surface area contributed by atoms with E-state index in [9.17, 15) is 4.79 Å². The Bertz CT molecular complexity index is 949. The predicted octanol–water partition coefficient (Wildman–Crippen LogP) is 5.09. The fraction of sp³-hybridized carbons (Fsp3) is 0.333. The zero-order chi connectivity index (χ0) is 21.8. The van der Waals surface area contributed by atoms with E-state index < -0.39 is 0 Å². The minimum atomic E-state index is -0.378. The van der Waals surface area contributed by atoms with Gasteiger partial charge in [0.15, 0.2) is 5.11 Å². The summed E-state index contributed by atoms with van der Waals surface area (Å²) >= 11 is 5.69. The topological polar surface area (TPSA) is 50.8 Å². The predicted molar refractivity (Wildman–Crippen MR) is 124 cm³/mol. The highest BCUT2D eigenvalue weighted by Crippen LogP contribution is 2.35. The van der Waals surface area contributed by atoms with Gasteiger partial charge in [0, 0.05) is 11.4 Å². The molecule has 2 aromatic rings. The van der Waals surface area contributed by atoms with Crippen molar-refractivity contribution in [2.45, 2.75) is 39.7 Å². The second-order valence-electron chi connectivity index (χ2n) is 7.46. The monoisotopic (exact) mass is 424 g/mol. The third-order valence-electron chi connectivity index (χ3n) is 5.23. The number of thiocarbonyl (C=S) groups is 1. The summed E-state index contributed by atoms with van der Waals surface area (Å²) in [5.41, 5.74) is 4.34. The fourth-order valence-electron chi connectivity index (χ4n) is 3.61. The van der Waals surface area contributed by atoms with Crippen molar-refractivity contribution in [1.82, 2.24) is 5.32 Å². The van der Waals surface area contributed by atoms with Gasteiger partial charge in [0.1, 0.15) is 5.75 Å². The Hall–Kier alpha value is -2.86. The van der Waals surface area contributed by atoms with Crippen LogP contribution in [-0.4, -0.2) is 24.8 Å². The van der Waals surface area contributed by atoms with Gasteiger partial charge in [0.2, 0.25) is 0 Å². The highest BCUT2D eigenvalue weighted by Gasteiger charge is 2.35. The first kappa shape index (κ1) is 21.8. The molecule has 0 radical (unpaired) electrons. The van der Waals surface area contributed by atoms with Crippen LogP contribution in [0.4, 0.5) is 5.69 Å². The van der Waals surface area contributed by atoms with Crippen LogP contribution in [0.25, 0.3) is 0 Å². The molecular weight excluding hydrogens is 396 g/mol. The van der Waals surface area contributed by atoms with Crippen LogP contribution < -0.4 is 15.0 Å². The van der Waals surface area contributed by atoms with E-state index in [-0.39, 0.29) is 12.0 Å². The van der Waals surface area contributed by atoms with Crippen molar-refractivity contribution in [2.75, 3.05) is 18.6 Å². The molecule has 158 valence electrons. The van der Waals surface area contributed by atoms with Gasteiger partial charge in [-0.2, -0.15) is 0 Å². The Balaban J connectivity index is 2.03. The zero-order valence-corrected chi connectivity index (χ0v) is 18.9. The minimum Gasteiger partial charge on any atom is -0.494 e. The third kappa shape index (κ3) is 4.33. The van der Waals surface area contributed by atoms with Gasteiger partial charge in [0.25, 0.3) is 0 Å². The summed E-state index contributed by atoms with van der Waals surface area (Å²) < 4.78 is 10.6. The number of benzene rings is 2. The van der Waals surface area contributed by atoms with Crippen LogP contribution in [0.2, 0.25) is 0 Å². The van der Waals surface area contributed by atoms with Gasteiger partial charge in [0.05, 0.1) is 25.3 Å². The molecule has 1 aliphatic rings. The standard InChI is InChI=1S/C24H28N2O3S/c1-6-29-20-13-11-19(12-14-20)26-16(4)21(23(27)28-5)22(25-24(26)30)18-9-7-17(8-10-18)15(2)3/h7-15,22H,6H2,1-5H3,(H,25,30)/t22-/m1/s1. The number of carbonyl (C=O) groups excluding carboxylic acids is 1. The smallest absolute Gasteiger partial charge is 0.337 e. The van der Waals surface area contributed by atoms with Gasteiger partial charge < -0.3 is 14.8 Å². The molecule has 1 N–H and O–H groups in total. The van der Waals surface area contributed by atoms with Gasteiger partial charge in [-0.05, 0) is 67.4 Å². The maximum absolute atomic E-state index is 12.7. The van der Waals surface area contributed by atoms with Crippen molar-refractivity contribution in [3.8, 4) is 5.75 Å². The van der Waals surface area contributed by atoms with Gasteiger partial charge in [-0.25, -0.2) is 4.79 Å². The van der Waals surface area contributed by atoms with Crippen LogP contribution in [0.1, 0.15) is 50.8 Å². The largest absolute Gasteiger partial charge is 0.494 e. The molecule has 1 aliphatic heterocycles. The molecule has 3 rings (SSSR count). The third-order valence-corrected chi connectivity index (χ3v) is 5.53. The van der Waals surface area contributed by atoms with E-state index >= 15 is 0 Å². The number of nitrogens with one attached hydrogen (secondary N) is 1. The zero-order valence-electron chi connectivity index (χ0n) is 18.1. The second kappa shape index (κ2) is 9.30. The lowest BCUT2D eigenvalue weighted by Crippen LogP contribution is -2.48. The number of ether oxygens (including phenoxy) is 2. The van der Waals surface area contributed by atoms with Crippen molar-refractivity contribution in [2.24, 2.45) is 0 Å². The number of esters is 1. The quantitative estimate of drug-likeness (QED) is 0.515. The normalized spacial score (nSPS) is 16.5. The van der Waals surface area contributed by atoms with Gasteiger partial charge in [-0.15, -0.1) is 0 Å². The molecule has 5 nitrogen and oxygen atoms in total. The summed E-state index contributed by atoms with van der Waals surface area (Å²) in [6.07, 6.45) is 0. The van der Waals surface area contributed by atoms with E-state index in [1.54, 1.807) is 0 Å². The van der Waals surface area contributed by atoms with Crippen LogP contribution in [-0.2, 0) is 9.53 Å². The molecule has 1 atom stereocenters. The molecule has 0 amide bonds. The minimum absolute atomic E-state index is 0.370. The average Bonchev–Trinajstić information content (AvgIpc) is 2.74. The number of methoxy groups -OCH3 is 1. The van der Waals surface area contributed by atoms with E-state index in [0.29, 0.717) is 23.2 Å². The number of nitrogens with zero attached hydrogens (tertiary/aromatic N) is 1. The fourth-order valence-corrected chi connectivity index (χ4v) is 3.97. The first-order chi connectivity index (χ1) is 14.4. The number of carbonyl (C=O) groups is 1. The van der Waals surface area contributed by atoms with Crippen molar-refractivity contribution in [3.05, 3.63) is 70.9 Å². The first-order valence-electron chi connectivity index (χ1n) is 10.1. The van der Waals surface area contributed by atoms with E-state index in [2.05, 4.69) is 31.3 Å². The van der Waals surface area contributed by atoms with Crippen LogP contribution in [0, 0.1) is 0 Å². The van der Waals surface area contributed by atoms with Crippen molar-refractivity contribution < 1.29 is 14.3 Å². The van der Waals surface area contributed by atoms with Gasteiger partial charge in [-0.3, -0.25) is 4.90 Å². The molecule has 0 aromatic heterocycles. The molecule has 0 spiro atoms. The molecule has 6 heteroatoms. The van der Waals surface area contributed by atoms with E-state index in [1.165, 1.54) is 12.7 Å². The molecule has 0 saturated heterocycles. The molecule has 0 unspecified atom stereocenters. The maximum Gasteiger partial charge on any atom is 0.337 e. The summed E-state index contributed by atoms with van der Waals surface area (Å²) in [6.45, 7) is 8.75. The molecule has 1 heterocycles. The van der Waals surface area contributed by atoms with Crippen molar-refractivity contribution in [3.63, 3.8) is 0 Å². The van der Waals surface area contributed by atoms with E-state index in [4.69, 9.17) is 21.7 Å². The lowest BCUT2D eigenvalue weighted by atomic mass is 9.92. The number of rotatable bonds is 6. The number of anilines is 1. The van der Waals surface area contributed by atoms with Gasteiger partial charge in [-0.1, -0.05) is 38.1 Å². The molecular formula is C24H28N2O3S. The number of hydrogen-bond donors (Lipinski definition) is 1. The highest BCUT2D eigenvalue weighted by atomic mass is 32.1. The second-order valence-corrected chi connectivity index (χ2v) is 7.84. The molecule has 0 saturated carbocycles. The Kier molecular flexibility index (Phi) is 6.77. The maximum atomic E-state index is 12.7. The molecule has 0 fully saturated rings. The summed E-state index contributed by atoms with van der Waals surface area (Å²) in [4.78, 5) is 14.6. The first-order valence-corrected chi connectivity index (χ1v) is 10.5. The lowest BCUT2D eigenvalue weighted by molar-refractivity contribution is -0.136. The summed E-state index contributed by atoms with van der Waals surface area (Å²) in [6, 6.07) is 15.5. The van der Waals surface area contributed by atoms with Crippen LogP contribution in [0.3, 0.4) is 0 Å².